The third-order valence-corrected chi connectivity index (χ3v) is 0.641. The molecule has 0 spiro atoms. The maximum absolute atomic E-state index is 9.95. The van der Waals surface area contributed by atoms with Gasteiger partial charge in [0, 0.05) is 0 Å². The van der Waals surface area contributed by atoms with E-state index in [9.17, 15) is 10.2 Å². The van der Waals surface area contributed by atoms with Crippen molar-refractivity contribution in [2.45, 2.75) is 19.4 Å². The molecule has 8 heavy (non-hydrogen) atoms. The predicted molar refractivity (Wildman–Crippen MR) is 18.9 cm³/mol. The zero-order valence-corrected chi connectivity index (χ0v) is 9.81. The first-order chi connectivity index (χ1) is 2.81. The molecule has 1 atom stereocenters. The van der Waals surface area contributed by atoms with Crippen LogP contribution in [0.4, 0.5) is 0 Å². The molecule has 0 saturated heterocycles. The average molecular weight is 134 g/mol. The Bertz CT molecular complexity index is 31.2. The maximum Gasteiger partial charge on any atom is 1.00 e. The summed E-state index contributed by atoms with van der Waals surface area (Å²) in [7, 11) is 0. The number of rotatable bonds is 2. The molecule has 0 saturated carbocycles. The fourth-order valence-electron chi connectivity index (χ4n) is 0.118. The molecule has 0 rings (SSSR count). The monoisotopic (exact) mass is 134 g/mol. The molecule has 0 bridgehead atoms. The van der Waals surface area contributed by atoms with Gasteiger partial charge in [-0.25, -0.2) is 0 Å². The first-order valence-corrected chi connectivity index (χ1v) is 2.05. The van der Waals surface area contributed by atoms with Crippen molar-refractivity contribution in [3.05, 3.63) is 0 Å². The van der Waals surface area contributed by atoms with E-state index in [1.807, 2.05) is 0 Å². The van der Waals surface area contributed by atoms with Gasteiger partial charge < -0.3 is 10.2 Å². The molecule has 0 aromatic heterocycles. The molecule has 0 aromatic carbocycles. The Kier molecular flexibility index (Phi) is 24.1. The third kappa shape index (κ3) is 10.8. The molecule has 0 heterocycles. The first-order valence-electron chi connectivity index (χ1n) is 2.05. The number of hydrogen-bond donors (Lipinski definition) is 0. The number of hydrogen-bond acceptors (Lipinski definition) is 2. The Balaban J connectivity index is -0.000000125. The molecule has 1 unspecified atom stereocenters. The van der Waals surface area contributed by atoms with E-state index in [0.29, 0.717) is 6.42 Å². The summed E-state index contributed by atoms with van der Waals surface area (Å²) in [5.74, 6) is 0. The van der Waals surface area contributed by atoms with Crippen LogP contribution in [0.15, 0.2) is 0 Å². The van der Waals surface area contributed by atoms with E-state index in [1.165, 1.54) is 0 Å². The second-order valence-corrected chi connectivity index (χ2v) is 1.20. The van der Waals surface area contributed by atoms with Crippen LogP contribution in [-0.2, 0) is 0 Å². The van der Waals surface area contributed by atoms with Crippen LogP contribution in [0.25, 0.3) is 0 Å². The van der Waals surface area contributed by atoms with Crippen LogP contribution in [0.1, 0.15) is 13.3 Å². The van der Waals surface area contributed by atoms with Crippen LogP contribution < -0.4 is 69.3 Å². The summed E-state index contributed by atoms with van der Waals surface area (Å²) in [6.45, 7) is 1.24. The van der Waals surface area contributed by atoms with Crippen LogP contribution in [0.2, 0.25) is 0 Å². The van der Waals surface area contributed by atoms with Crippen LogP contribution in [-0.4, -0.2) is 12.7 Å². The Labute approximate surface area is 94.2 Å². The molecule has 0 aromatic rings. The quantitative estimate of drug-likeness (QED) is 0.352. The van der Waals surface area contributed by atoms with Gasteiger partial charge in [-0.05, 0) is 0 Å². The van der Waals surface area contributed by atoms with Gasteiger partial charge in [0.1, 0.15) is 0 Å². The van der Waals surface area contributed by atoms with E-state index in [4.69, 9.17) is 0 Å². The standard InChI is InChI=1S/C4H8O2.2Na/c1-2-4(6)3-5;;/h4H,2-3H2,1H3;;/q-2;2*+1. The van der Waals surface area contributed by atoms with Gasteiger partial charge in [0.2, 0.25) is 0 Å². The van der Waals surface area contributed by atoms with Crippen molar-refractivity contribution in [2.24, 2.45) is 0 Å². The molecular formula is C4H8Na2O2. The smallest absolute Gasteiger partial charge is 0.855 e. The summed E-state index contributed by atoms with van der Waals surface area (Å²) in [4.78, 5) is 0. The van der Waals surface area contributed by atoms with E-state index in [1.54, 1.807) is 6.92 Å². The summed E-state index contributed by atoms with van der Waals surface area (Å²) < 4.78 is 0. The Morgan fingerprint density at radius 1 is 1.38 bits per heavy atom. The summed E-state index contributed by atoms with van der Waals surface area (Å²) in [5.41, 5.74) is 0. The first kappa shape index (κ1) is 16.5. The van der Waals surface area contributed by atoms with Crippen molar-refractivity contribution in [1.82, 2.24) is 0 Å². The minimum Gasteiger partial charge on any atom is -0.855 e. The van der Waals surface area contributed by atoms with Crippen LogP contribution in [0.5, 0.6) is 0 Å². The molecule has 0 aliphatic rings. The third-order valence-electron chi connectivity index (χ3n) is 0.641. The Morgan fingerprint density at radius 2 is 1.75 bits per heavy atom. The van der Waals surface area contributed by atoms with E-state index in [0.717, 1.165) is 0 Å². The Hall–Kier alpha value is 1.92. The molecule has 2 nitrogen and oxygen atoms in total. The van der Waals surface area contributed by atoms with Crippen molar-refractivity contribution in [1.29, 1.82) is 0 Å². The van der Waals surface area contributed by atoms with Gasteiger partial charge in [-0.2, -0.15) is 6.61 Å². The van der Waals surface area contributed by atoms with Crippen molar-refractivity contribution in [2.75, 3.05) is 6.61 Å². The van der Waals surface area contributed by atoms with Crippen molar-refractivity contribution in [3.8, 4) is 0 Å². The predicted octanol–water partition coefficient (Wildman–Crippen LogP) is -7.51. The van der Waals surface area contributed by atoms with Gasteiger partial charge in [-0.3, -0.25) is 0 Å². The fraction of sp³-hybridized carbons (Fsp3) is 1.00. The van der Waals surface area contributed by atoms with E-state index >= 15 is 0 Å². The minimum absolute atomic E-state index is 0. The van der Waals surface area contributed by atoms with Gasteiger partial charge >= 0.3 is 59.1 Å². The van der Waals surface area contributed by atoms with Crippen LogP contribution in [0, 0.1) is 0 Å². The molecule has 0 aliphatic heterocycles. The van der Waals surface area contributed by atoms with Crippen molar-refractivity contribution >= 4 is 0 Å². The van der Waals surface area contributed by atoms with Gasteiger partial charge in [0.15, 0.2) is 0 Å². The second kappa shape index (κ2) is 11.7. The van der Waals surface area contributed by atoms with E-state index in [-0.39, 0.29) is 59.1 Å². The zero-order valence-electron chi connectivity index (χ0n) is 5.81. The molecule has 4 heteroatoms. The molecule has 0 fully saturated rings. The topological polar surface area (TPSA) is 46.1 Å². The Morgan fingerprint density at radius 3 is 1.75 bits per heavy atom. The van der Waals surface area contributed by atoms with Crippen molar-refractivity contribution in [3.63, 3.8) is 0 Å². The van der Waals surface area contributed by atoms with Crippen LogP contribution >= 0.6 is 0 Å². The van der Waals surface area contributed by atoms with Gasteiger partial charge in [-0.15, -0.1) is 6.10 Å². The molecule has 0 aliphatic carbocycles. The summed E-state index contributed by atoms with van der Waals surface area (Å²) in [6, 6.07) is 0. The van der Waals surface area contributed by atoms with E-state index < -0.39 is 12.7 Å². The fourth-order valence-corrected chi connectivity index (χ4v) is 0.118. The summed E-state index contributed by atoms with van der Waals surface area (Å²) in [5, 5.41) is 19.5. The largest absolute Gasteiger partial charge is 1.00 e. The van der Waals surface area contributed by atoms with E-state index in [2.05, 4.69) is 0 Å². The molecule has 38 valence electrons. The summed E-state index contributed by atoms with van der Waals surface area (Å²) in [6.07, 6.45) is -0.409. The zero-order chi connectivity index (χ0) is 4.99. The molecule has 0 N–H and O–H groups in total. The van der Waals surface area contributed by atoms with Gasteiger partial charge in [0.25, 0.3) is 0 Å². The van der Waals surface area contributed by atoms with Gasteiger partial charge in [0.05, 0.1) is 0 Å². The van der Waals surface area contributed by atoms with Gasteiger partial charge in [-0.1, -0.05) is 13.3 Å². The van der Waals surface area contributed by atoms with Crippen molar-refractivity contribution < 1.29 is 69.3 Å². The normalized spacial score (nSPS) is 10.9. The SMILES string of the molecule is CCC([O-])C[O-].[Na+].[Na+]. The maximum atomic E-state index is 9.95. The minimum atomic E-state index is -0.870. The average Bonchev–Trinajstić information content (AvgIpc) is 1.65. The molecular weight excluding hydrogens is 126 g/mol. The molecule has 0 amide bonds. The second-order valence-electron chi connectivity index (χ2n) is 1.20. The molecule has 0 radical (unpaired) electrons. The summed E-state index contributed by atoms with van der Waals surface area (Å²) >= 11 is 0. The van der Waals surface area contributed by atoms with Crippen LogP contribution in [0.3, 0.4) is 0 Å².